The van der Waals surface area contributed by atoms with Gasteiger partial charge in [-0.15, -0.1) is 0 Å². The summed E-state index contributed by atoms with van der Waals surface area (Å²) in [6, 6.07) is 13.0. The maximum Gasteiger partial charge on any atom is 0.338 e. The molecule has 1 fully saturated rings. The lowest BCUT2D eigenvalue weighted by molar-refractivity contribution is 0.0437. The molecule has 30 heavy (non-hydrogen) atoms. The topological polar surface area (TPSA) is 52.3 Å². The van der Waals surface area contributed by atoms with Gasteiger partial charge in [-0.05, 0) is 43.2 Å². The normalized spacial score (nSPS) is 13.7. The number of hydrogen-bond acceptors (Lipinski definition) is 4. The van der Waals surface area contributed by atoms with Crippen molar-refractivity contribution in [3.63, 3.8) is 0 Å². The van der Waals surface area contributed by atoms with Crippen LogP contribution in [-0.2, 0) is 11.3 Å². The van der Waals surface area contributed by atoms with Crippen molar-refractivity contribution in [2.75, 3.05) is 0 Å². The quantitative estimate of drug-likeness (QED) is 0.379. The molecule has 6 heteroatoms. The van der Waals surface area contributed by atoms with E-state index in [1.807, 2.05) is 12.1 Å². The third-order valence-corrected chi connectivity index (χ3v) is 5.27. The van der Waals surface area contributed by atoms with Gasteiger partial charge < -0.3 is 9.26 Å². The van der Waals surface area contributed by atoms with Crippen molar-refractivity contribution in [3.05, 3.63) is 76.3 Å². The Bertz CT molecular complexity index is 1110. The van der Waals surface area contributed by atoms with E-state index < -0.39 is 11.8 Å². The van der Waals surface area contributed by atoms with Crippen molar-refractivity contribution >= 4 is 17.6 Å². The maximum atomic E-state index is 14.3. The van der Waals surface area contributed by atoms with Crippen LogP contribution in [0.4, 0.5) is 4.39 Å². The van der Waals surface area contributed by atoms with Crippen LogP contribution < -0.4 is 0 Å². The molecule has 0 atom stereocenters. The van der Waals surface area contributed by atoms with E-state index in [4.69, 9.17) is 20.9 Å². The second-order valence-electron chi connectivity index (χ2n) is 7.21. The van der Waals surface area contributed by atoms with Crippen LogP contribution in [0.25, 0.3) is 11.3 Å². The Morgan fingerprint density at radius 2 is 1.93 bits per heavy atom. The first-order chi connectivity index (χ1) is 14.6. The number of esters is 1. The SMILES string of the molecule is O=C(OCc1cc(-c2ccc(Cl)cc2)no1)c1ccc(C#CC2CCCC2)c(F)c1. The summed E-state index contributed by atoms with van der Waals surface area (Å²) in [6.07, 6.45) is 4.50. The van der Waals surface area contributed by atoms with E-state index in [0.29, 0.717) is 28.0 Å². The van der Waals surface area contributed by atoms with Gasteiger partial charge in [-0.1, -0.05) is 53.6 Å². The highest BCUT2D eigenvalue weighted by Crippen LogP contribution is 2.24. The Balaban J connectivity index is 1.37. The molecular formula is C24H19ClFNO3. The van der Waals surface area contributed by atoms with Gasteiger partial charge in [0, 0.05) is 22.6 Å². The van der Waals surface area contributed by atoms with Crippen molar-refractivity contribution in [2.24, 2.45) is 5.92 Å². The molecule has 0 N–H and O–H groups in total. The molecule has 0 saturated heterocycles. The summed E-state index contributed by atoms with van der Waals surface area (Å²) in [4.78, 5) is 12.3. The fourth-order valence-electron chi connectivity index (χ4n) is 3.35. The van der Waals surface area contributed by atoms with E-state index in [-0.39, 0.29) is 12.2 Å². The third kappa shape index (κ3) is 4.90. The minimum atomic E-state index is -0.645. The van der Waals surface area contributed by atoms with E-state index in [9.17, 15) is 9.18 Å². The summed E-state index contributed by atoms with van der Waals surface area (Å²) in [7, 11) is 0. The Hall–Kier alpha value is -3.10. The number of benzene rings is 2. The van der Waals surface area contributed by atoms with Crippen molar-refractivity contribution in [2.45, 2.75) is 32.3 Å². The molecule has 0 unspecified atom stereocenters. The van der Waals surface area contributed by atoms with E-state index in [1.54, 1.807) is 18.2 Å². The highest BCUT2D eigenvalue weighted by molar-refractivity contribution is 6.30. The van der Waals surface area contributed by atoms with E-state index >= 15 is 0 Å². The first-order valence-corrected chi connectivity index (χ1v) is 10.2. The monoisotopic (exact) mass is 423 g/mol. The molecule has 1 aliphatic carbocycles. The second kappa shape index (κ2) is 9.15. The van der Waals surface area contributed by atoms with Gasteiger partial charge in [-0.2, -0.15) is 0 Å². The van der Waals surface area contributed by atoms with Gasteiger partial charge in [-0.3, -0.25) is 0 Å². The molecule has 0 radical (unpaired) electrons. The summed E-state index contributed by atoms with van der Waals surface area (Å²) in [6.45, 7) is -0.107. The largest absolute Gasteiger partial charge is 0.454 e. The summed E-state index contributed by atoms with van der Waals surface area (Å²) in [5.41, 5.74) is 1.85. The number of halogens is 2. The van der Waals surface area contributed by atoms with Gasteiger partial charge >= 0.3 is 5.97 Å². The molecule has 0 spiro atoms. The standard InChI is InChI=1S/C24H19ClFNO3/c25-20-11-9-18(10-12-20)23-14-21(30-27-23)15-29-24(28)19-8-7-17(22(26)13-19)6-5-16-3-1-2-4-16/h7-14,16H,1-4,15H2. The van der Waals surface area contributed by atoms with Crippen LogP contribution in [-0.4, -0.2) is 11.1 Å². The highest BCUT2D eigenvalue weighted by Gasteiger charge is 2.14. The van der Waals surface area contributed by atoms with Crippen molar-refractivity contribution in [1.82, 2.24) is 5.16 Å². The van der Waals surface area contributed by atoms with Crippen LogP contribution in [0.2, 0.25) is 5.02 Å². The van der Waals surface area contributed by atoms with Crippen LogP contribution in [0, 0.1) is 23.6 Å². The molecule has 4 rings (SSSR count). The van der Waals surface area contributed by atoms with Crippen LogP contribution in [0.5, 0.6) is 0 Å². The molecule has 0 bridgehead atoms. The van der Waals surface area contributed by atoms with Gasteiger partial charge in [0.2, 0.25) is 0 Å². The van der Waals surface area contributed by atoms with Crippen molar-refractivity contribution in [1.29, 1.82) is 0 Å². The average Bonchev–Trinajstić information content (AvgIpc) is 3.44. The number of aromatic nitrogens is 1. The van der Waals surface area contributed by atoms with Crippen molar-refractivity contribution < 1.29 is 18.4 Å². The Morgan fingerprint density at radius 1 is 1.17 bits per heavy atom. The molecule has 1 aromatic heterocycles. The van der Waals surface area contributed by atoms with Crippen LogP contribution >= 0.6 is 11.6 Å². The number of hydrogen-bond donors (Lipinski definition) is 0. The maximum absolute atomic E-state index is 14.3. The molecule has 1 saturated carbocycles. The van der Waals surface area contributed by atoms with Crippen molar-refractivity contribution in [3.8, 4) is 23.1 Å². The Kier molecular flexibility index (Phi) is 6.15. The summed E-state index contributed by atoms with van der Waals surface area (Å²) in [5, 5.41) is 4.59. The molecular weight excluding hydrogens is 405 g/mol. The predicted octanol–water partition coefficient (Wildman–Crippen LogP) is 6.03. The number of rotatable bonds is 4. The first-order valence-electron chi connectivity index (χ1n) is 9.78. The van der Waals surface area contributed by atoms with Gasteiger partial charge in [0.25, 0.3) is 0 Å². The van der Waals surface area contributed by atoms with Gasteiger partial charge in [-0.25, -0.2) is 9.18 Å². The van der Waals surface area contributed by atoms with Crippen LogP contribution in [0.3, 0.4) is 0 Å². The van der Waals surface area contributed by atoms with Gasteiger partial charge in [0.1, 0.15) is 11.5 Å². The smallest absolute Gasteiger partial charge is 0.338 e. The fraction of sp³-hybridized carbons (Fsp3) is 0.250. The number of carbonyl (C=O) groups is 1. The van der Waals surface area contributed by atoms with Crippen LogP contribution in [0.1, 0.15) is 47.4 Å². The van der Waals surface area contributed by atoms with Crippen LogP contribution in [0.15, 0.2) is 53.1 Å². The zero-order valence-electron chi connectivity index (χ0n) is 16.2. The molecule has 152 valence electrons. The summed E-state index contributed by atoms with van der Waals surface area (Å²) in [5.74, 6) is 5.56. The van der Waals surface area contributed by atoms with E-state index in [1.165, 1.54) is 25.0 Å². The number of carbonyl (C=O) groups excluding carboxylic acids is 1. The summed E-state index contributed by atoms with van der Waals surface area (Å²) >= 11 is 5.88. The Labute approximate surface area is 179 Å². The number of ether oxygens (including phenoxy) is 1. The predicted molar refractivity (Wildman–Crippen MR) is 111 cm³/mol. The fourth-order valence-corrected chi connectivity index (χ4v) is 3.48. The lowest BCUT2D eigenvalue weighted by Crippen LogP contribution is -2.05. The lowest BCUT2D eigenvalue weighted by Gasteiger charge is -2.03. The van der Waals surface area contributed by atoms with Gasteiger partial charge in [0.05, 0.1) is 11.1 Å². The van der Waals surface area contributed by atoms with E-state index in [2.05, 4.69) is 17.0 Å². The molecule has 0 amide bonds. The Morgan fingerprint density at radius 3 is 2.67 bits per heavy atom. The van der Waals surface area contributed by atoms with Gasteiger partial charge in [0.15, 0.2) is 12.4 Å². The lowest BCUT2D eigenvalue weighted by atomic mass is 10.1. The molecule has 4 nitrogen and oxygen atoms in total. The molecule has 1 heterocycles. The minimum absolute atomic E-state index is 0.107. The molecule has 2 aromatic carbocycles. The molecule has 0 aliphatic heterocycles. The zero-order chi connectivity index (χ0) is 20.9. The summed E-state index contributed by atoms with van der Waals surface area (Å²) < 4.78 is 24.7. The third-order valence-electron chi connectivity index (χ3n) is 5.02. The number of nitrogens with zero attached hydrogens (tertiary/aromatic N) is 1. The zero-order valence-corrected chi connectivity index (χ0v) is 16.9. The minimum Gasteiger partial charge on any atom is -0.454 e. The molecule has 1 aliphatic rings. The highest BCUT2D eigenvalue weighted by atomic mass is 35.5. The average molecular weight is 424 g/mol. The molecule has 3 aromatic rings. The van der Waals surface area contributed by atoms with E-state index in [0.717, 1.165) is 24.5 Å². The first kappa shape index (κ1) is 20.2. The second-order valence-corrected chi connectivity index (χ2v) is 7.64.